The number of thiophene rings is 1. The predicted octanol–water partition coefficient (Wildman–Crippen LogP) is 2.01. The van der Waals surface area contributed by atoms with Crippen molar-refractivity contribution in [1.29, 1.82) is 0 Å². The largest absolute Gasteiger partial charge is 0.349 e. The third-order valence-electron chi connectivity index (χ3n) is 3.16. The molecular formula is C13H21IN6S. The van der Waals surface area contributed by atoms with Crippen molar-refractivity contribution in [2.75, 3.05) is 14.1 Å². The van der Waals surface area contributed by atoms with Gasteiger partial charge in [-0.1, -0.05) is 0 Å². The van der Waals surface area contributed by atoms with Gasteiger partial charge in [-0.2, -0.15) is 11.3 Å². The minimum Gasteiger partial charge on any atom is -0.349 e. The Morgan fingerprint density at radius 3 is 2.76 bits per heavy atom. The molecule has 2 aromatic heterocycles. The molecule has 0 unspecified atom stereocenters. The second kappa shape index (κ2) is 8.32. The Balaban J connectivity index is 0.00000220. The standard InChI is InChI=1S/C13H20N6S.HI/c1-10-16-17-12(19(10)4)7-15-13(14-2)18(3)8-11-5-6-20-9-11;/h5-6,9H,7-8H2,1-4H3,(H,14,15);1H. The molecule has 2 heterocycles. The summed E-state index contributed by atoms with van der Waals surface area (Å²) in [6, 6.07) is 2.13. The first-order valence-corrected chi connectivity index (χ1v) is 7.34. The van der Waals surface area contributed by atoms with Crippen molar-refractivity contribution >= 4 is 41.3 Å². The maximum atomic E-state index is 4.30. The number of rotatable bonds is 4. The lowest BCUT2D eigenvalue weighted by atomic mass is 10.3. The number of aliphatic imine (C=N–C) groups is 1. The molecule has 0 aliphatic rings. The fraction of sp³-hybridized carbons (Fsp3) is 0.462. The van der Waals surface area contributed by atoms with Crippen LogP contribution in [0.5, 0.6) is 0 Å². The van der Waals surface area contributed by atoms with Crippen molar-refractivity contribution in [2.24, 2.45) is 12.0 Å². The van der Waals surface area contributed by atoms with Crippen LogP contribution in [0, 0.1) is 6.92 Å². The first-order valence-electron chi connectivity index (χ1n) is 6.39. The van der Waals surface area contributed by atoms with Crippen LogP contribution >= 0.6 is 35.3 Å². The van der Waals surface area contributed by atoms with E-state index in [0.717, 1.165) is 24.2 Å². The van der Waals surface area contributed by atoms with E-state index in [1.54, 1.807) is 18.4 Å². The Labute approximate surface area is 146 Å². The van der Waals surface area contributed by atoms with Crippen LogP contribution in [0.25, 0.3) is 0 Å². The lowest BCUT2D eigenvalue weighted by Gasteiger charge is -2.21. The van der Waals surface area contributed by atoms with Crippen LogP contribution in [-0.4, -0.2) is 39.7 Å². The fourth-order valence-corrected chi connectivity index (χ4v) is 2.54. The summed E-state index contributed by atoms with van der Waals surface area (Å²) in [6.07, 6.45) is 0. The van der Waals surface area contributed by atoms with E-state index in [9.17, 15) is 0 Å². The van der Waals surface area contributed by atoms with Crippen LogP contribution < -0.4 is 5.32 Å². The van der Waals surface area contributed by atoms with E-state index in [2.05, 4.69) is 42.2 Å². The Hall–Kier alpha value is -1.16. The molecule has 0 atom stereocenters. The Morgan fingerprint density at radius 1 is 1.48 bits per heavy atom. The highest BCUT2D eigenvalue weighted by Crippen LogP contribution is 2.08. The summed E-state index contributed by atoms with van der Waals surface area (Å²) >= 11 is 1.71. The molecular weight excluding hydrogens is 399 g/mol. The number of hydrogen-bond acceptors (Lipinski definition) is 4. The third-order valence-corrected chi connectivity index (χ3v) is 3.89. The number of guanidine groups is 1. The van der Waals surface area contributed by atoms with Crippen molar-refractivity contribution in [1.82, 2.24) is 25.0 Å². The first kappa shape index (κ1) is 17.9. The summed E-state index contributed by atoms with van der Waals surface area (Å²) in [5.41, 5.74) is 1.29. The number of nitrogens with one attached hydrogen (secondary N) is 1. The van der Waals surface area contributed by atoms with Gasteiger partial charge in [0.1, 0.15) is 5.82 Å². The minimum absolute atomic E-state index is 0. The molecule has 0 fully saturated rings. The second-order valence-corrected chi connectivity index (χ2v) is 5.39. The monoisotopic (exact) mass is 420 g/mol. The van der Waals surface area contributed by atoms with E-state index < -0.39 is 0 Å². The SMILES string of the molecule is CN=C(NCc1nnc(C)n1C)N(C)Cc1ccsc1.I. The lowest BCUT2D eigenvalue weighted by molar-refractivity contribution is 0.475. The van der Waals surface area contributed by atoms with Crippen LogP contribution in [-0.2, 0) is 20.1 Å². The maximum absolute atomic E-state index is 4.30. The second-order valence-electron chi connectivity index (χ2n) is 4.61. The summed E-state index contributed by atoms with van der Waals surface area (Å²) < 4.78 is 1.97. The number of hydrogen-bond donors (Lipinski definition) is 1. The average Bonchev–Trinajstić information content (AvgIpc) is 3.04. The summed E-state index contributed by atoms with van der Waals surface area (Å²) in [5.74, 6) is 2.65. The maximum Gasteiger partial charge on any atom is 0.194 e. The van der Waals surface area contributed by atoms with Crippen molar-refractivity contribution < 1.29 is 0 Å². The highest BCUT2D eigenvalue weighted by atomic mass is 127. The molecule has 0 spiro atoms. The van der Waals surface area contributed by atoms with Gasteiger partial charge in [-0.25, -0.2) is 0 Å². The summed E-state index contributed by atoms with van der Waals surface area (Å²) in [4.78, 5) is 6.39. The van der Waals surface area contributed by atoms with Crippen molar-refractivity contribution in [2.45, 2.75) is 20.0 Å². The summed E-state index contributed by atoms with van der Waals surface area (Å²) in [5, 5.41) is 15.7. The van der Waals surface area contributed by atoms with E-state index in [4.69, 9.17) is 0 Å². The van der Waals surface area contributed by atoms with Crippen LogP contribution in [0.2, 0.25) is 0 Å². The predicted molar refractivity (Wildman–Crippen MR) is 97.1 cm³/mol. The molecule has 0 radical (unpaired) electrons. The van der Waals surface area contributed by atoms with Crippen LogP contribution in [0.3, 0.4) is 0 Å². The van der Waals surface area contributed by atoms with E-state index in [-0.39, 0.29) is 24.0 Å². The number of nitrogens with zero attached hydrogens (tertiary/aromatic N) is 5. The van der Waals surface area contributed by atoms with E-state index >= 15 is 0 Å². The van der Waals surface area contributed by atoms with Crippen molar-refractivity contribution in [3.05, 3.63) is 34.0 Å². The van der Waals surface area contributed by atoms with Gasteiger partial charge in [0.05, 0.1) is 6.54 Å². The van der Waals surface area contributed by atoms with Crippen LogP contribution in [0.15, 0.2) is 21.8 Å². The highest BCUT2D eigenvalue weighted by molar-refractivity contribution is 14.0. The molecule has 2 aromatic rings. The van der Waals surface area contributed by atoms with Gasteiger partial charge >= 0.3 is 0 Å². The first-order chi connectivity index (χ1) is 9.61. The van der Waals surface area contributed by atoms with Gasteiger partial charge in [0.2, 0.25) is 0 Å². The fourth-order valence-electron chi connectivity index (χ4n) is 1.88. The molecule has 116 valence electrons. The zero-order valence-corrected chi connectivity index (χ0v) is 15.8. The smallest absolute Gasteiger partial charge is 0.194 e. The van der Waals surface area contributed by atoms with Gasteiger partial charge in [0.15, 0.2) is 11.8 Å². The molecule has 6 nitrogen and oxygen atoms in total. The van der Waals surface area contributed by atoms with Gasteiger partial charge in [-0.3, -0.25) is 4.99 Å². The van der Waals surface area contributed by atoms with Gasteiger partial charge in [0.25, 0.3) is 0 Å². The van der Waals surface area contributed by atoms with Gasteiger partial charge in [0, 0.05) is 27.7 Å². The number of halogens is 1. The zero-order valence-electron chi connectivity index (χ0n) is 12.7. The van der Waals surface area contributed by atoms with Crippen LogP contribution in [0.1, 0.15) is 17.2 Å². The molecule has 1 N–H and O–H groups in total. The van der Waals surface area contributed by atoms with E-state index in [1.165, 1.54) is 5.56 Å². The molecule has 0 aromatic carbocycles. The molecule has 2 rings (SSSR count). The van der Waals surface area contributed by atoms with Crippen molar-refractivity contribution in [3.63, 3.8) is 0 Å². The topological polar surface area (TPSA) is 58.3 Å². The van der Waals surface area contributed by atoms with Crippen LogP contribution in [0.4, 0.5) is 0 Å². The summed E-state index contributed by atoms with van der Waals surface area (Å²) in [7, 11) is 5.77. The molecule has 0 saturated heterocycles. The quantitative estimate of drug-likeness (QED) is 0.467. The Bertz CT molecular complexity index is 578. The highest BCUT2D eigenvalue weighted by Gasteiger charge is 2.09. The van der Waals surface area contributed by atoms with Gasteiger partial charge < -0.3 is 14.8 Å². The molecule has 21 heavy (non-hydrogen) atoms. The molecule has 8 heteroatoms. The Kier molecular flexibility index (Phi) is 7.09. The average molecular weight is 420 g/mol. The van der Waals surface area contributed by atoms with Gasteiger partial charge in [-0.05, 0) is 29.3 Å². The van der Waals surface area contributed by atoms with E-state index in [1.807, 2.05) is 25.6 Å². The third kappa shape index (κ3) is 4.67. The summed E-state index contributed by atoms with van der Waals surface area (Å²) in [6.45, 7) is 3.38. The molecule has 0 amide bonds. The Morgan fingerprint density at radius 2 is 2.24 bits per heavy atom. The minimum atomic E-state index is 0. The lowest BCUT2D eigenvalue weighted by Crippen LogP contribution is -2.38. The normalized spacial score (nSPS) is 11.1. The van der Waals surface area contributed by atoms with Crippen molar-refractivity contribution in [3.8, 4) is 0 Å². The molecule has 0 bridgehead atoms. The molecule has 0 aliphatic carbocycles. The van der Waals surface area contributed by atoms with E-state index in [0.29, 0.717) is 6.54 Å². The number of aryl methyl sites for hydroxylation is 1. The molecule has 0 aliphatic heterocycles. The zero-order chi connectivity index (χ0) is 14.5. The number of aromatic nitrogens is 3. The van der Waals surface area contributed by atoms with Gasteiger partial charge in [-0.15, -0.1) is 34.2 Å². The molecule has 0 saturated carbocycles.